The molecule has 2 aromatic carbocycles. The predicted octanol–water partition coefficient (Wildman–Crippen LogP) is 6.05. The number of aryl methyl sites for hydroxylation is 1. The van der Waals surface area contributed by atoms with Crippen molar-refractivity contribution in [2.24, 2.45) is 0 Å². The molecule has 1 aliphatic heterocycles. The standard InChI is InChI=1S/C31H34N2O7/c1-19-26(28(34)35)15-21(39-19)17-33(20-13-14-32(16-20)29(36)40-31(2,3)4)30(37)38-18-27-24-11-7-5-9-22(24)23-10-6-8-12-25(23)27/h5-12,15,20,27H,13-14,16-18H2,1-4H3,(H,34,35)/t20-/m0/s1. The number of carboxylic acid groups (broad SMARTS) is 1. The van der Waals surface area contributed by atoms with Gasteiger partial charge in [-0.05, 0) is 62.4 Å². The summed E-state index contributed by atoms with van der Waals surface area (Å²) in [4.78, 5) is 41.0. The van der Waals surface area contributed by atoms with Crippen molar-refractivity contribution >= 4 is 18.2 Å². The SMILES string of the molecule is Cc1oc(CN(C(=O)OCC2c3ccccc3-c3ccccc32)[C@H]2CCN(C(=O)OC(C)(C)C)C2)cc1C(=O)O. The molecular formula is C31H34N2O7. The molecule has 1 atom stereocenters. The Morgan fingerprint density at radius 1 is 1.05 bits per heavy atom. The van der Waals surface area contributed by atoms with Crippen LogP contribution in [0, 0.1) is 6.92 Å². The fourth-order valence-corrected chi connectivity index (χ4v) is 5.51. The first kappa shape index (κ1) is 27.3. The van der Waals surface area contributed by atoms with Crippen molar-refractivity contribution in [1.82, 2.24) is 9.80 Å². The van der Waals surface area contributed by atoms with Crippen LogP contribution in [0.3, 0.4) is 0 Å². The summed E-state index contributed by atoms with van der Waals surface area (Å²) in [6.07, 6.45) is -0.470. The largest absolute Gasteiger partial charge is 0.478 e. The third kappa shape index (κ3) is 5.54. The maximum atomic E-state index is 13.7. The van der Waals surface area contributed by atoms with Crippen LogP contribution in [0.15, 0.2) is 59.0 Å². The van der Waals surface area contributed by atoms with E-state index >= 15 is 0 Å². The van der Waals surface area contributed by atoms with Gasteiger partial charge in [-0.2, -0.15) is 0 Å². The highest BCUT2D eigenvalue weighted by Gasteiger charge is 2.37. The van der Waals surface area contributed by atoms with Crippen molar-refractivity contribution < 1.29 is 33.4 Å². The highest BCUT2D eigenvalue weighted by atomic mass is 16.6. The van der Waals surface area contributed by atoms with Crippen molar-refractivity contribution in [1.29, 1.82) is 0 Å². The lowest BCUT2D eigenvalue weighted by atomic mass is 9.98. The maximum Gasteiger partial charge on any atom is 0.410 e. The fraction of sp³-hybridized carbons (Fsp3) is 0.387. The predicted molar refractivity (Wildman–Crippen MR) is 147 cm³/mol. The van der Waals surface area contributed by atoms with E-state index in [9.17, 15) is 19.5 Å². The monoisotopic (exact) mass is 546 g/mol. The lowest BCUT2D eigenvalue weighted by Gasteiger charge is -2.29. The zero-order valence-electron chi connectivity index (χ0n) is 23.2. The van der Waals surface area contributed by atoms with E-state index in [0.717, 1.165) is 22.3 Å². The summed E-state index contributed by atoms with van der Waals surface area (Å²) < 4.78 is 17.2. The van der Waals surface area contributed by atoms with Crippen LogP contribution in [-0.4, -0.2) is 64.4 Å². The van der Waals surface area contributed by atoms with Gasteiger partial charge in [-0.15, -0.1) is 0 Å². The Morgan fingerprint density at radius 2 is 1.68 bits per heavy atom. The Morgan fingerprint density at radius 3 is 2.25 bits per heavy atom. The molecule has 1 N–H and O–H groups in total. The van der Waals surface area contributed by atoms with E-state index in [4.69, 9.17) is 13.9 Å². The first-order chi connectivity index (χ1) is 19.0. The van der Waals surface area contributed by atoms with E-state index in [2.05, 4.69) is 24.3 Å². The van der Waals surface area contributed by atoms with E-state index in [1.54, 1.807) is 32.6 Å². The number of carboxylic acids is 1. The Balaban J connectivity index is 1.36. The minimum Gasteiger partial charge on any atom is -0.478 e. The van der Waals surface area contributed by atoms with Gasteiger partial charge in [0.15, 0.2) is 0 Å². The van der Waals surface area contributed by atoms with Gasteiger partial charge in [0.2, 0.25) is 0 Å². The smallest absolute Gasteiger partial charge is 0.410 e. The second kappa shape index (κ2) is 10.7. The minimum atomic E-state index is -1.10. The molecule has 9 nitrogen and oxygen atoms in total. The highest BCUT2D eigenvalue weighted by Crippen LogP contribution is 2.44. The topological polar surface area (TPSA) is 110 Å². The molecule has 0 saturated carbocycles. The number of aromatic carboxylic acids is 1. The summed E-state index contributed by atoms with van der Waals surface area (Å²) in [5, 5.41) is 9.46. The number of carbonyl (C=O) groups excluding carboxylic acids is 2. The van der Waals surface area contributed by atoms with E-state index in [0.29, 0.717) is 18.7 Å². The summed E-state index contributed by atoms with van der Waals surface area (Å²) in [7, 11) is 0. The van der Waals surface area contributed by atoms with E-state index in [-0.39, 0.29) is 43.0 Å². The minimum absolute atomic E-state index is 0.0115. The molecule has 40 heavy (non-hydrogen) atoms. The average Bonchev–Trinajstić information content (AvgIpc) is 3.61. The van der Waals surface area contributed by atoms with Gasteiger partial charge in [0.25, 0.3) is 0 Å². The number of amides is 2. The van der Waals surface area contributed by atoms with Crippen LogP contribution in [-0.2, 0) is 16.0 Å². The molecule has 1 aliphatic carbocycles. The molecule has 0 unspecified atom stereocenters. The number of rotatable bonds is 6. The molecule has 1 fully saturated rings. The molecular weight excluding hydrogens is 512 g/mol. The van der Waals surface area contributed by atoms with E-state index in [1.165, 1.54) is 11.0 Å². The molecule has 2 amide bonds. The number of hydrogen-bond acceptors (Lipinski definition) is 6. The Labute approximate surface area is 233 Å². The van der Waals surface area contributed by atoms with Gasteiger partial charge in [-0.3, -0.25) is 4.90 Å². The van der Waals surface area contributed by atoms with Crippen LogP contribution in [0.25, 0.3) is 11.1 Å². The number of furan rings is 1. The number of carbonyl (C=O) groups is 3. The normalized spacial score (nSPS) is 16.4. The molecule has 0 spiro atoms. The van der Waals surface area contributed by atoms with Crippen molar-refractivity contribution in [3.8, 4) is 11.1 Å². The van der Waals surface area contributed by atoms with Crippen LogP contribution >= 0.6 is 0 Å². The van der Waals surface area contributed by atoms with Crippen molar-refractivity contribution in [2.75, 3.05) is 19.7 Å². The van der Waals surface area contributed by atoms with Gasteiger partial charge >= 0.3 is 18.2 Å². The number of nitrogens with zero attached hydrogens (tertiary/aromatic N) is 2. The summed E-state index contributed by atoms with van der Waals surface area (Å²) in [5.74, 6) is -0.613. The lowest BCUT2D eigenvalue weighted by Crippen LogP contribution is -2.43. The quantitative estimate of drug-likeness (QED) is 0.401. The molecule has 2 aliphatic rings. The number of ether oxygens (including phenoxy) is 2. The zero-order chi connectivity index (χ0) is 28.6. The molecule has 5 rings (SSSR count). The second-order valence-electron chi connectivity index (χ2n) is 11.3. The second-order valence-corrected chi connectivity index (χ2v) is 11.3. The van der Waals surface area contributed by atoms with Crippen LogP contribution in [0.5, 0.6) is 0 Å². The third-order valence-electron chi connectivity index (χ3n) is 7.35. The third-order valence-corrected chi connectivity index (χ3v) is 7.35. The van der Waals surface area contributed by atoms with E-state index in [1.807, 2.05) is 24.3 Å². The number of likely N-dealkylation sites (tertiary alicyclic amines) is 1. The van der Waals surface area contributed by atoms with Gasteiger partial charge in [0, 0.05) is 19.0 Å². The highest BCUT2D eigenvalue weighted by molar-refractivity contribution is 5.88. The summed E-state index contributed by atoms with van der Waals surface area (Å²) in [5.41, 5.74) is 3.88. The van der Waals surface area contributed by atoms with Crippen LogP contribution in [0.2, 0.25) is 0 Å². The zero-order valence-corrected chi connectivity index (χ0v) is 23.2. The van der Waals surface area contributed by atoms with Gasteiger partial charge < -0.3 is 23.9 Å². The van der Waals surface area contributed by atoms with Gasteiger partial charge in [-0.1, -0.05) is 48.5 Å². The summed E-state index contributed by atoms with van der Waals surface area (Å²) >= 11 is 0. The first-order valence-corrected chi connectivity index (χ1v) is 13.4. The van der Waals surface area contributed by atoms with Crippen molar-refractivity contribution in [3.05, 3.63) is 82.8 Å². The summed E-state index contributed by atoms with van der Waals surface area (Å²) in [6, 6.07) is 17.3. The molecule has 3 aromatic rings. The Hall–Kier alpha value is -4.27. The molecule has 0 radical (unpaired) electrons. The molecule has 210 valence electrons. The Kier molecular flexibility index (Phi) is 7.31. The lowest BCUT2D eigenvalue weighted by molar-refractivity contribution is 0.0270. The molecule has 1 aromatic heterocycles. The average molecular weight is 547 g/mol. The van der Waals surface area contributed by atoms with Crippen molar-refractivity contribution in [2.45, 2.75) is 58.2 Å². The molecule has 9 heteroatoms. The number of fused-ring (bicyclic) bond motifs is 3. The number of hydrogen-bond donors (Lipinski definition) is 1. The number of benzene rings is 2. The van der Waals surface area contributed by atoms with Gasteiger partial charge in [0.1, 0.15) is 29.3 Å². The Bertz CT molecular complexity index is 1390. The molecule has 1 saturated heterocycles. The maximum absolute atomic E-state index is 13.7. The van der Waals surface area contributed by atoms with Gasteiger partial charge in [-0.25, -0.2) is 14.4 Å². The van der Waals surface area contributed by atoms with Crippen LogP contribution in [0.4, 0.5) is 9.59 Å². The van der Waals surface area contributed by atoms with Gasteiger partial charge in [0.05, 0.1) is 12.6 Å². The molecule has 2 heterocycles. The fourth-order valence-electron chi connectivity index (χ4n) is 5.51. The van der Waals surface area contributed by atoms with Crippen LogP contribution in [0.1, 0.15) is 66.1 Å². The summed E-state index contributed by atoms with van der Waals surface area (Å²) in [6.45, 7) is 7.84. The van der Waals surface area contributed by atoms with Crippen molar-refractivity contribution in [3.63, 3.8) is 0 Å². The van der Waals surface area contributed by atoms with Crippen LogP contribution < -0.4 is 0 Å². The van der Waals surface area contributed by atoms with E-state index < -0.39 is 23.8 Å². The molecule has 0 bridgehead atoms. The first-order valence-electron chi connectivity index (χ1n) is 13.4.